The van der Waals surface area contributed by atoms with Crippen LogP contribution >= 0.6 is 0 Å². The maximum Gasteiger partial charge on any atom is 0.242 e. The Labute approximate surface area is 63.2 Å². The zero-order valence-electron chi connectivity index (χ0n) is 6.30. The first kappa shape index (κ1) is 8.43. The summed E-state index contributed by atoms with van der Waals surface area (Å²) >= 11 is 0. The first-order chi connectivity index (χ1) is 4.89. The van der Waals surface area contributed by atoms with Gasteiger partial charge in [-0.05, 0) is 5.41 Å². The molecule has 0 spiro atoms. The summed E-state index contributed by atoms with van der Waals surface area (Å²) in [6.07, 6.45) is -2.55. The molecule has 0 aliphatic heterocycles. The van der Waals surface area contributed by atoms with Crippen LogP contribution in [0.5, 0.6) is 0 Å². The molecule has 0 N–H and O–H groups in total. The molecule has 1 fully saturated rings. The van der Waals surface area contributed by atoms with Gasteiger partial charge < -0.3 is 9.90 Å². The lowest BCUT2D eigenvalue weighted by molar-refractivity contribution is -0.309. The predicted octanol–water partition coefficient (Wildman–Crippen LogP) is 0.274. The number of halogens is 2. The highest BCUT2D eigenvalue weighted by Gasteiger charge is 2.62. The molecular formula is C7H9F2O2-. The molecule has 64 valence electrons. The van der Waals surface area contributed by atoms with Crippen molar-refractivity contribution in [2.45, 2.75) is 20.3 Å². The standard InChI is InChI=1S/C7H10F2O2/c1-7(2)3(5(8)9)4(7)6(10)11/h3-5H,1-2H3,(H,10,11)/p-1/t3-,4-/m0/s1. The van der Waals surface area contributed by atoms with E-state index in [4.69, 9.17) is 0 Å². The van der Waals surface area contributed by atoms with Crippen LogP contribution in [0.15, 0.2) is 0 Å². The van der Waals surface area contributed by atoms with Gasteiger partial charge in [-0.25, -0.2) is 8.78 Å². The lowest BCUT2D eigenvalue weighted by Crippen LogP contribution is -2.26. The predicted molar refractivity (Wildman–Crippen MR) is 31.8 cm³/mol. The van der Waals surface area contributed by atoms with E-state index in [1.165, 1.54) is 13.8 Å². The number of carbonyl (C=O) groups is 1. The molecule has 1 aliphatic rings. The van der Waals surface area contributed by atoms with Gasteiger partial charge in [-0.15, -0.1) is 0 Å². The lowest BCUT2D eigenvalue weighted by Gasteiger charge is -2.01. The minimum Gasteiger partial charge on any atom is -0.550 e. The molecule has 0 bridgehead atoms. The Balaban J connectivity index is 2.68. The zero-order valence-corrected chi connectivity index (χ0v) is 6.30. The lowest BCUT2D eigenvalue weighted by atomic mass is 10.1. The molecule has 0 heterocycles. The monoisotopic (exact) mass is 163 g/mol. The largest absolute Gasteiger partial charge is 0.550 e. The molecule has 0 aromatic rings. The molecule has 1 aliphatic carbocycles. The highest BCUT2D eigenvalue weighted by molar-refractivity contribution is 5.73. The highest BCUT2D eigenvalue weighted by atomic mass is 19.3. The van der Waals surface area contributed by atoms with Gasteiger partial charge in [0, 0.05) is 17.8 Å². The number of hydrogen-bond acceptors (Lipinski definition) is 2. The molecule has 0 unspecified atom stereocenters. The summed E-state index contributed by atoms with van der Waals surface area (Å²) in [6.45, 7) is 3.04. The minimum absolute atomic E-state index is 0.785. The summed E-state index contributed by atoms with van der Waals surface area (Å²) in [6, 6.07) is 0. The van der Waals surface area contributed by atoms with Crippen molar-refractivity contribution in [2.24, 2.45) is 17.3 Å². The third-order valence-corrected chi connectivity index (χ3v) is 2.44. The van der Waals surface area contributed by atoms with E-state index in [1.807, 2.05) is 0 Å². The van der Waals surface area contributed by atoms with Crippen molar-refractivity contribution >= 4 is 5.97 Å². The summed E-state index contributed by atoms with van der Waals surface area (Å²) < 4.78 is 24.1. The van der Waals surface area contributed by atoms with Crippen LogP contribution in [0.25, 0.3) is 0 Å². The molecule has 0 radical (unpaired) electrons. The number of rotatable bonds is 2. The Kier molecular flexibility index (Phi) is 1.65. The summed E-state index contributed by atoms with van der Waals surface area (Å²) in [4.78, 5) is 10.2. The van der Waals surface area contributed by atoms with Gasteiger partial charge in [-0.2, -0.15) is 0 Å². The van der Waals surface area contributed by atoms with E-state index in [1.54, 1.807) is 0 Å². The SMILES string of the molecule is CC1(C)[C@H](C(=O)[O-])[C@H]1C(F)F. The quantitative estimate of drug-likeness (QED) is 0.586. The Bertz CT molecular complexity index is 189. The van der Waals surface area contributed by atoms with E-state index in [2.05, 4.69) is 0 Å². The molecule has 0 amide bonds. The molecule has 1 saturated carbocycles. The van der Waals surface area contributed by atoms with E-state index in [9.17, 15) is 18.7 Å². The van der Waals surface area contributed by atoms with Gasteiger partial charge in [0.1, 0.15) is 0 Å². The number of carboxylic acid groups (broad SMARTS) is 1. The van der Waals surface area contributed by atoms with E-state index >= 15 is 0 Å². The van der Waals surface area contributed by atoms with Crippen molar-refractivity contribution in [2.75, 3.05) is 0 Å². The summed E-state index contributed by atoms with van der Waals surface area (Å²) in [5, 5.41) is 10.2. The topological polar surface area (TPSA) is 40.1 Å². The van der Waals surface area contributed by atoms with E-state index < -0.39 is 29.6 Å². The normalized spacial score (nSPS) is 33.9. The second-order valence-corrected chi connectivity index (χ2v) is 3.48. The van der Waals surface area contributed by atoms with Gasteiger partial charge in [0.25, 0.3) is 0 Å². The molecule has 1 rings (SSSR count). The fourth-order valence-electron chi connectivity index (χ4n) is 1.60. The summed E-state index contributed by atoms with van der Waals surface area (Å²) in [5.74, 6) is -3.35. The number of carboxylic acids is 1. The maximum absolute atomic E-state index is 12.0. The zero-order chi connectivity index (χ0) is 8.81. The van der Waals surface area contributed by atoms with Crippen molar-refractivity contribution in [1.82, 2.24) is 0 Å². The van der Waals surface area contributed by atoms with Gasteiger partial charge in [0.05, 0.1) is 0 Å². The molecule has 4 heteroatoms. The van der Waals surface area contributed by atoms with E-state index in [-0.39, 0.29) is 0 Å². The van der Waals surface area contributed by atoms with Gasteiger partial charge >= 0.3 is 0 Å². The smallest absolute Gasteiger partial charge is 0.242 e. The number of hydrogen-bond donors (Lipinski definition) is 0. The molecule has 11 heavy (non-hydrogen) atoms. The second kappa shape index (κ2) is 2.16. The van der Waals surface area contributed by atoms with Crippen LogP contribution in [0.4, 0.5) is 8.78 Å². The average Bonchev–Trinajstić information content (AvgIpc) is 2.33. The van der Waals surface area contributed by atoms with Crippen LogP contribution < -0.4 is 5.11 Å². The molecule has 0 saturated heterocycles. The molecule has 0 aromatic carbocycles. The third kappa shape index (κ3) is 1.10. The van der Waals surface area contributed by atoms with Gasteiger partial charge in [0.2, 0.25) is 6.43 Å². The van der Waals surface area contributed by atoms with Gasteiger partial charge in [-0.3, -0.25) is 0 Å². The van der Waals surface area contributed by atoms with Crippen molar-refractivity contribution in [3.63, 3.8) is 0 Å². The van der Waals surface area contributed by atoms with Gasteiger partial charge in [0.15, 0.2) is 0 Å². The maximum atomic E-state index is 12.0. The van der Waals surface area contributed by atoms with Gasteiger partial charge in [-0.1, -0.05) is 13.8 Å². The van der Waals surface area contributed by atoms with Crippen molar-refractivity contribution in [3.05, 3.63) is 0 Å². The third-order valence-electron chi connectivity index (χ3n) is 2.44. The van der Waals surface area contributed by atoms with Crippen LogP contribution in [-0.2, 0) is 4.79 Å². The first-order valence-electron chi connectivity index (χ1n) is 3.38. The first-order valence-corrected chi connectivity index (χ1v) is 3.38. The molecule has 0 aromatic heterocycles. The van der Waals surface area contributed by atoms with E-state index in [0.717, 1.165) is 0 Å². The summed E-state index contributed by atoms with van der Waals surface area (Å²) in [5.41, 5.74) is -0.785. The van der Waals surface area contributed by atoms with Crippen LogP contribution in [0.2, 0.25) is 0 Å². The fraction of sp³-hybridized carbons (Fsp3) is 0.857. The second-order valence-electron chi connectivity index (χ2n) is 3.48. The average molecular weight is 163 g/mol. The van der Waals surface area contributed by atoms with Crippen molar-refractivity contribution < 1.29 is 18.7 Å². The number of carbonyl (C=O) groups excluding carboxylic acids is 1. The van der Waals surface area contributed by atoms with Crippen molar-refractivity contribution in [1.29, 1.82) is 0 Å². The van der Waals surface area contributed by atoms with Crippen LogP contribution in [0.1, 0.15) is 13.8 Å². The fourth-order valence-corrected chi connectivity index (χ4v) is 1.60. The minimum atomic E-state index is -2.55. The van der Waals surface area contributed by atoms with Crippen LogP contribution in [0, 0.1) is 17.3 Å². The highest BCUT2D eigenvalue weighted by Crippen LogP contribution is 2.60. The molecule has 2 atom stereocenters. The Hall–Kier alpha value is -0.670. The Morgan fingerprint density at radius 2 is 2.00 bits per heavy atom. The summed E-state index contributed by atoms with van der Waals surface area (Å²) in [7, 11) is 0. The molecular weight excluding hydrogens is 154 g/mol. The number of aliphatic carboxylic acids is 1. The van der Waals surface area contributed by atoms with Crippen LogP contribution in [-0.4, -0.2) is 12.4 Å². The molecule has 2 nitrogen and oxygen atoms in total. The Morgan fingerprint density at radius 1 is 1.55 bits per heavy atom. The number of alkyl halides is 2. The van der Waals surface area contributed by atoms with Crippen molar-refractivity contribution in [3.8, 4) is 0 Å². The Morgan fingerprint density at radius 3 is 2.09 bits per heavy atom. The van der Waals surface area contributed by atoms with E-state index in [0.29, 0.717) is 0 Å². The van der Waals surface area contributed by atoms with Crippen LogP contribution in [0.3, 0.4) is 0 Å².